The number of nitrogens with zero attached hydrogens (tertiary/aromatic N) is 1. The molecule has 20 heavy (non-hydrogen) atoms. The van der Waals surface area contributed by atoms with Crippen LogP contribution in [0, 0.1) is 0 Å². The summed E-state index contributed by atoms with van der Waals surface area (Å²) in [6, 6.07) is 8.40. The lowest BCUT2D eigenvalue weighted by atomic mass is 10.2. The standard InChI is InChI=1S/C15H11NO4/c1-2-19-15(18)9-7-12-13(16-8-9)14(17)10-5-3-4-6-11(10)20-12/h3-8H,2H2,1H3. The average molecular weight is 269 g/mol. The summed E-state index contributed by atoms with van der Waals surface area (Å²) in [4.78, 5) is 27.9. The van der Waals surface area contributed by atoms with Crippen LogP contribution in [0.2, 0.25) is 0 Å². The van der Waals surface area contributed by atoms with Gasteiger partial charge in [-0.2, -0.15) is 0 Å². The lowest BCUT2D eigenvalue weighted by Crippen LogP contribution is -2.08. The van der Waals surface area contributed by atoms with Gasteiger partial charge in [-0.3, -0.25) is 4.79 Å². The lowest BCUT2D eigenvalue weighted by Gasteiger charge is -2.03. The molecule has 0 saturated heterocycles. The molecule has 0 atom stereocenters. The molecule has 100 valence electrons. The maximum Gasteiger partial charge on any atom is 0.339 e. The van der Waals surface area contributed by atoms with Crippen molar-refractivity contribution in [3.63, 3.8) is 0 Å². The van der Waals surface area contributed by atoms with Gasteiger partial charge in [-0.1, -0.05) is 12.1 Å². The summed E-state index contributed by atoms with van der Waals surface area (Å²) in [5, 5.41) is 0.469. The smallest absolute Gasteiger partial charge is 0.339 e. The minimum absolute atomic E-state index is 0.205. The Morgan fingerprint density at radius 2 is 2.10 bits per heavy atom. The Morgan fingerprint density at radius 3 is 2.90 bits per heavy atom. The summed E-state index contributed by atoms with van der Waals surface area (Å²) in [5.41, 5.74) is 0.999. The number of benzene rings is 1. The molecular formula is C15H11NO4. The predicted octanol–water partition coefficient (Wildman–Crippen LogP) is 2.52. The Labute approximate surface area is 113 Å². The second kappa shape index (κ2) is 4.77. The molecule has 0 unspecified atom stereocenters. The first kappa shape index (κ1) is 12.3. The minimum Gasteiger partial charge on any atom is -0.462 e. The zero-order valence-corrected chi connectivity index (χ0v) is 10.8. The van der Waals surface area contributed by atoms with Gasteiger partial charge in [-0.05, 0) is 25.1 Å². The maximum atomic E-state index is 12.3. The quantitative estimate of drug-likeness (QED) is 0.528. The van der Waals surface area contributed by atoms with E-state index in [4.69, 9.17) is 9.15 Å². The van der Waals surface area contributed by atoms with Gasteiger partial charge in [-0.15, -0.1) is 0 Å². The van der Waals surface area contributed by atoms with Crippen LogP contribution in [-0.2, 0) is 4.74 Å². The van der Waals surface area contributed by atoms with E-state index in [9.17, 15) is 9.59 Å². The number of hydrogen-bond acceptors (Lipinski definition) is 5. The van der Waals surface area contributed by atoms with Crippen LogP contribution in [-0.4, -0.2) is 17.6 Å². The predicted molar refractivity (Wildman–Crippen MR) is 73.7 cm³/mol. The normalized spacial score (nSPS) is 10.8. The highest BCUT2D eigenvalue weighted by atomic mass is 16.5. The van der Waals surface area contributed by atoms with E-state index in [0.717, 1.165) is 0 Å². The van der Waals surface area contributed by atoms with Gasteiger partial charge in [0.25, 0.3) is 0 Å². The summed E-state index contributed by atoms with van der Waals surface area (Å²) in [6.45, 7) is 2.00. The van der Waals surface area contributed by atoms with E-state index in [2.05, 4.69) is 4.98 Å². The summed E-state index contributed by atoms with van der Waals surface area (Å²) in [5.74, 6) is -0.488. The van der Waals surface area contributed by atoms with Crippen molar-refractivity contribution >= 4 is 28.0 Å². The highest BCUT2D eigenvalue weighted by Crippen LogP contribution is 2.18. The maximum absolute atomic E-state index is 12.3. The fourth-order valence-corrected chi connectivity index (χ4v) is 2.01. The summed E-state index contributed by atoms with van der Waals surface area (Å²) < 4.78 is 10.5. The SMILES string of the molecule is CCOC(=O)c1cnc2c(=O)c3ccccc3oc2c1. The summed E-state index contributed by atoms with van der Waals surface area (Å²) in [6.07, 6.45) is 1.33. The number of carbonyl (C=O) groups excluding carboxylic acids is 1. The van der Waals surface area contributed by atoms with E-state index in [1.54, 1.807) is 31.2 Å². The zero-order valence-electron chi connectivity index (χ0n) is 10.8. The molecule has 0 saturated carbocycles. The molecule has 0 aliphatic rings. The molecule has 5 nitrogen and oxygen atoms in total. The Kier molecular flexibility index (Phi) is 2.95. The number of carbonyl (C=O) groups is 1. The van der Waals surface area contributed by atoms with Crippen molar-refractivity contribution in [2.45, 2.75) is 6.92 Å². The molecule has 3 rings (SSSR count). The van der Waals surface area contributed by atoms with E-state index in [-0.39, 0.29) is 28.7 Å². The van der Waals surface area contributed by atoms with E-state index < -0.39 is 5.97 Å². The first-order valence-corrected chi connectivity index (χ1v) is 6.19. The van der Waals surface area contributed by atoms with Gasteiger partial charge >= 0.3 is 5.97 Å². The summed E-state index contributed by atoms with van der Waals surface area (Å²) >= 11 is 0. The fourth-order valence-electron chi connectivity index (χ4n) is 2.01. The Hall–Kier alpha value is -2.69. The van der Waals surface area contributed by atoms with Crippen molar-refractivity contribution in [2.24, 2.45) is 0 Å². The van der Waals surface area contributed by atoms with Crippen LogP contribution < -0.4 is 5.43 Å². The van der Waals surface area contributed by atoms with E-state index in [1.807, 2.05) is 0 Å². The van der Waals surface area contributed by atoms with Crippen molar-refractivity contribution in [2.75, 3.05) is 6.61 Å². The van der Waals surface area contributed by atoms with Gasteiger partial charge < -0.3 is 9.15 Å². The van der Waals surface area contributed by atoms with Gasteiger partial charge in [0.05, 0.1) is 17.6 Å². The number of fused-ring (bicyclic) bond motifs is 2. The first-order valence-electron chi connectivity index (χ1n) is 6.19. The van der Waals surface area contributed by atoms with Crippen LogP contribution in [0.15, 0.2) is 45.7 Å². The third-order valence-electron chi connectivity index (χ3n) is 2.93. The lowest BCUT2D eigenvalue weighted by molar-refractivity contribution is 0.0526. The highest BCUT2D eigenvalue weighted by molar-refractivity contribution is 5.94. The van der Waals surface area contributed by atoms with Crippen LogP contribution in [0.1, 0.15) is 17.3 Å². The zero-order chi connectivity index (χ0) is 14.1. The third-order valence-corrected chi connectivity index (χ3v) is 2.93. The molecule has 0 amide bonds. The second-order valence-corrected chi connectivity index (χ2v) is 4.22. The molecule has 0 aliphatic carbocycles. The molecule has 0 aliphatic heterocycles. The molecule has 0 fully saturated rings. The largest absolute Gasteiger partial charge is 0.462 e. The summed E-state index contributed by atoms with van der Waals surface area (Å²) in [7, 11) is 0. The Bertz CT molecular complexity index is 867. The molecule has 5 heteroatoms. The number of aromatic nitrogens is 1. The van der Waals surface area contributed by atoms with E-state index >= 15 is 0 Å². The molecule has 1 aromatic carbocycles. The topological polar surface area (TPSA) is 69.4 Å². The number of esters is 1. The van der Waals surface area contributed by atoms with Gasteiger partial charge in [0.1, 0.15) is 5.58 Å². The van der Waals surface area contributed by atoms with E-state index in [1.165, 1.54) is 12.3 Å². The van der Waals surface area contributed by atoms with Gasteiger partial charge in [0, 0.05) is 6.20 Å². The molecule has 0 radical (unpaired) electrons. The molecule has 3 aromatic rings. The van der Waals surface area contributed by atoms with Gasteiger partial charge in [-0.25, -0.2) is 9.78 Å². The van der Waals surface area contributed by atoms with Crippen molar-refractivity contribution in [3.8, 4) is 0 Å². The van der Waals surface area contributed by atoms with Crippen LogP contribution >= 0.6 is 0 Å². The molecule has 0 N–H and O–H groups in total. The molecule has 0 bridgehead atoms. The second-order valence-electron chi connectivity index (χ2n) is 4.22. The molecule has 2 heterocycles. The molecular weight excluding hydrogens is 258 g/mol. The number of ether oxygens (including phenoxy) is 1. The monoisotopic (exact) mass is 269 g/mol. The Balaban J connectivity index is 2.27. The number of hydrogen-bond donors (Lipinski definition) is 0. The van der Waals surface area contributed by atoms with Crippen LogP contribution in [0.25, 0.3) is 22.1 Å². The van der Waals surface area contributed by atoms with Crippen molar-refractivity contribution in [1.29, 1.82) is 0 Å². The van der Waals surface area contributed by atoms with Crippen LogP contribution in [0.3, 0.4) is 0 Å². The Morgan fingerprint density at radius 1 is 1.30 bits per heavy atom. The number of rotatable bonds is 2. The van der Waals surface area contributed by atoms with Crippen LogP contribution in [0.4, 0.5) is 0 Å². The fraction of sp³-hybridized carbons (Fsp3) is 0.133. The molecule has 2 aromatic heterocycles. The molecule has 0 spiro atoms. The number of para-hydroxylation sites is 1. The van der Waals surface area contributed by atoms with Gasteiger partial charge in [0.2, 0.25) is 5.43 Å². The highest BCUT2D eigenvalue weighted by Gasteiger charge is 2.13. The van der Waals surface area contributed by atoms with Gasteiger partial charge in [0.15, 0.2) is 11.1 Å². The van der Waals surface area contributed by atoms with Crippen molar-refractivity contribution in [3.05, 3.63) is 52.3 Å². The van der Waals surface area contributed by atoms with Crippen molar-refractivity contribution < 1.29 is 13.9 Å². The third kappa shape index (κ3) is 1.93. The van der Waals surface area contributed by atoms with Crippen molar-refractivity contribution in [1.82, 2.24) is 4.98 Å². The van der Waals surface area contributed by atoms with Crippen LogP contribution in [0.5, 0.6) is 0 Å². The number of pyridine rings is 1. The van der Waals surface area contributed by atoms with E-state index in [0.29, 0.717) is 11.0 Å². The first-order chi connectivity index (χ1) is 9.70. The minimum atomic E-state index is -0.488. The average Bonchev–Trinajstić information content (AvgIpc) is 2.47.